The van der Waals surface area contributed by atoms with Crippen molar-refractivity contribution in [3.63, 3.8) is 0 Å². The number of benzene rings is 1. The van der Waals surface area contributed by atoms with Gasteiger partial charge in [0.2, 0.25) is 0 Å². The Hall–Kier alpha value is -2.33. The standard InChI is InChI=1S/C22H26N4/c1-16-4-5-19-18(15-16)22-20-3-2-12-25(20)13-8-21(22)26(19)14-11-24-17-6-9-23-10-7-17/h4-7,9-10,15,20H,2-3,8,11-14H2,1H3,(H,23,24). The Labute approximate surface area is 154 Å². The lowest BCUT2D eigenvalue weighted by molar-refractivity contribution is 0.242. The second kappa shape index (κ2) is 6.44. The van der Waals surface area contributed by atoms with Crippen LogP contribution in [0.25, 0.3) is 10.9 Å². The number of hydrogen-bond donors (Lipinski definition) is 1. The van der Waals surface area contributed by atoms with Gasteiger partial charge in [-0.2, -0.15) is 0 Å². The van der Waals surface area contributed by atoms with E-state index in [1.807, 2.05) is 24.5 Å². The first-order chi connectivity index (χ1) is 12.8. The van der Waals surface area contributed by atoms with Crippen LogP contribution in [-0.2, 0) is 13.0 Å². The third-order valence-electron chi connectivity index (χ3n) is 6.05. The molecule has 5 rings (SSSR count). The van der Waals surface area contributed by atoms with Crippen molar-refractivity contribution < 1.29 is 0 Å². The normalized spacial score (nSPS) is 19.5. The van der Waals surface area contributed by atoms with Crippen molar-refractivity contribution in [2.24, 2.45) is 0 Å². The fourth-order valence-corrected chi connectivity index (χ4v) is 4.90. The van der Waals surface area contributed by atoms with Crippen molar-refractivity contribution in [1.29, 1.82) is 0 Å². The molecule has 134 valence electrons. The van der Waals surface area contributed by atoms with E-state index in [4.69, 9.17) is 0 Å². The van der Waals surface area contributed by atoms with Gasteiger partial charge in [-0.05, 0) is 56.1 Å². The maximum absolute atomic E-state index is 4.09. The molecule has 0 bridgehead atoms. The molecule has 1 saturated heterocycles. The van der Waals surface area contributed by atoms with Gasteiger partial charge < -0.3 is 9.88 Å². The van der Waals surface area contributed by atoms with Crippen LogP contribution in [0.3, 0.4) is 0 Å². The summed E-state index contributed by atoms with van der Waals surface area (Å²) in [4.78, 5) is 6.79. The smallest absolute Gasteiger partial charge is 0.0486 e. The van der Waals surface area contributed by atoms with E-state index in [2.05, 4.69) is 44.9 Å². The predicted octanol–water partition coefficient (Wildman–Crippen LogP) is 4.15. The Morgan fingerprint density at radius 3 is 2.92 bits per heavy atom. The molecule has 0 aliphatic carbocycles. The van der Waals surface area contributed by atoms with Crippen molar-refractivity contribution in [2.45, 2.75) is 38.8 Å². The summed E-state index contributed by atoms with van der Waals surface area (Å²) in [6.45, 7) is 6.63. The van der Waals surface area contributed by atoms with Crippen molar-refractivity contribution in [1.82, 2.24) is 14.5 Å². The molecule has 4 heterocycles. The molecule has 1 aromatic carbocycles. The molecule has 1 atom stereocenters. The Morgan fingerprint density at radius 2 is 2.04 bits per heavy atom. The van der Waals surface area contributed by atoms with E-state index < -0.39 is 0 Å². The van der Waals surface area contributed by atoms with Gasteiger partial charge in [0.15, 0.2) is 0 Å². The summed E-state index contributed by atoms with van der Waals surface area (Å²) in [6.07, 6.45) is 7.51. The first-order valence-corrected chi connectivity index (χ1v) is 9.81. The number of aryl methyl sites for hydroxylation is 1. The molecule has 0 saturated carbocycles. The minimum Gasteiger partial charge on any atom is -0.383 e. The molecular formula is C22H26N4. The Balaban J connectivity index is 1.51. The van der Waals surface area contributed by atoms with Gasteiger partial charge in [0, 0.05) is 66.8 Å². The zero-order valence-electron chi connectivity index (χ0n) is 15.4. The highest BCUT2D eigenvalue weighted by atomic mass is 15.2. The van der Waals surface area contributed by atoms with Crippen LogP contribution in [0.5, 0.6) is 0 Å². The summed E-state index contributed by atoms with van der Waals surface area (Å²) in [5.74, 6) is 0. The van der Waals surface area contributed by atoms with Crippen LogP contribution in [0.15, 0.2) is 42.7 Å². The van der Waals surface area contributed by atoms with Crippen LogP contribution >= 0.6 is 0 Å². The maximum atomic E-state index is 4.09. The summed E-state index contributed by atoms with van der Waals surface area (Å²) < 4.78 is 2.58. The van der Waals surface area contributed by atoms with Crippen LogP contribution in [0, 0.1) is 6.92 Å². The van der Waals surface area contributed by atoms with Crippen LogP contribution in [0.1, 0.15) is 35.7 Å². The van der Waals surface area contributed by atoms with Gasteiger partial charge in [0.1, 0.15) is 0 Å². The number of aromatic nitrogens is 2. The summed E-state index contributed by atoms with van der Waals surface area (Å²) in [7, 11) is 0. The lowest BCUT2D eigenvalue weighted by atomic mass is 9.95. The number of nitrogens with one attached hydrogen (secondary N) is 1. The third-order valence-corrected chi connectivity index (χ3v) is 6.05. The van der Waals surface area contributed by atoms with E-state index in [0.717, 1.165) is 18.8 Å². The molecule has 2 aliphatic rings. The fraction of sp³-hybridized carbons (Fsp3) is 0.409. The predicted molar refractivity (Wildman–Crippen MR) is 107 cm³/mol. The van der Waals surface area contributed by atoms with Crippen LogP contribution in [0.2, 0.25) is 0 Å². The molecule has 0 amide bonds. The van der Waals surface area contributed by atoms with Crippen molar-refractivity contribution in [2.75, 3.05) is 25.0 Å². The van der Waals surface area contributed by atoms with Crippen LogP contribution in [0.4, 0.5) is 5.69 Å². The fourth-order valence-electron chi connectivity index (χ4n) is 4.90. The largest absolute Gasteiger partial charge is 0.383 e. The summed E-state index contributed by atoms with van der Waals surface area (Å²) in [6, 6.07) is 11.7. The highest BCUT2D eigenvalue weighted by Crippen LogP contribution is 2.43. The van der Waals surface area contributed by atoms with Crippen LogP contribution < -0.4 is 5.32 Å². The summed E-state index contributed by atoms with van der Waals surface area (Å²) >= 11 is 0. The Bertz CT molecular complexity index is 928. The van der Waals surface area contributed by atoms with Crippen molar-refractivity contribution in [3.8, 4) is 0 Å². The topological polar surface area (TPSA) is 33.1 Å². The Kier molecular flexibility index (Phi) is 3.93. The number of anilines is 1. The first-order valence-electron chi connectivity index (χ1n) is 9.81. The van der Waals surface area contributed by atoms with Crippen LogP contribution in [-0.4, -0.2) is 34.1 Å². The summed E-state index contributed by atoms with van der Waals surface area (Å²) in [5, 5.41) is 5.03. The lowest BCUT2D eigenvalue weighted by Crippen LogP contribution is -2.31. The zero-order chi connectivity index (χ0) is 17.5. The molecule has 3 aromatic rings. The maximum Gasteiger partial charge on any atom is 0.0486 e. The van der Waals surface area contributed by atoms with Gasteiger partial charge >= 0.3 is 0 Å². The van der Waals surface area contributed by atoms with E-state index in [-0.39, 0.29) is 0 Å². The highest BCUT2D eigenvalue weighted by Gasteiger charge is 2.35. The number of nitrogens with zero attached hydrogens (tertiary/aromatic N) is 3. The molecule has 1 fully saturated rings. The zero-order valence-corrected chi connectivity index (χ0v) is 15.4. The van der Waals surface area contributed by atoms with E-state index in [1.54, 1.807) is 11.3 Å². The molecule has 1 unspecified atom stereocenters. The van der Waals surface area contributed by atoms with Gasteiger partial charge in [-0.15, -0.1) is 0 Å². The van der Waals surface area contributed by atoms with E-state index in [1.165, 1.54) is 48.8 Å². The molecule has 2 aromatic heterocycles. The molecule has 4 heteroatoms. The monoisotopic (exact) mass is 346 g/mol. The second-order valence-electron chi connectivity index (χ2n) is 7.64. The average molecular weight is 346 g/mol. The van der Waals surface area contributed by atoms with Gasteiger partial charge in [0.05, 0.1) is 0 Å². The van der Waals surface area contributed by atoms with Gasteiger partial charge in [-0.25, -0.2) is 0 Å². The number of rotatable bonds is 4. The number of pyridine rings is 1. The van der Waals surface area contributed by atoms with E-state index in [9.17, 15) is 0 Å². The summed E-state index contributed by atoms with van der Waals surface area (Å²) in [5.41, 5.74) is 7.11. The third kappa shape index (κ3) is 2.60. The SMILES string of the molecule is Cc1ccc2c(c1)c1c(n2CCNc2ccncc2)CCN2CCCC12. The van der Waals surface area contributed by atoms with Gasteiger partial charge in [-0.1, -0.05) is 11.6 Å². The molecule has 4 nitrogen and oxygen atoms in total. The van der Waals surface area contributed by atoms with E-state index >= 15 is 0 Å². The molecule has 0 spiro atoms. The second-order valence-corrected chi connectivity index (χ2v) is 7.64. The number of fused-ring (bicyclic) bond motifs is 5. The van der Waals surface area contributed by atoms with Crippen molar-refractivity contribution in [3.05, 3.63) is 59.5 Å². The quantitative estimate of drug-likeness (QED) is 0.770. The molecule has 1 N–H and O–H groups in total. The minimum atomic E-state index is 0.637. The first kappa shape index (κ1) is 15.9. The highest BCUT2D eigenvalue weighted by molar-refractivity contribution is 5.87. The van der Waals surface area contributed by atoms with Gasteiger partial charge in [-0.3, -0.25) is 9.88 Å². The van der Waals surface area contributed by atoms with E-state index in [0.29, 0.717) is 6.04 Å². The van der Waals surface area contributed by atoms with Gasteiger partial charge in [0.25, 0.3) is 0 Å². The lowest BCUT2D eigenvalue weighted by Gasteiger charge is -2.31. The molecule has 26 heavy (non-hydrogen) atoms. The van der Waals surface area contributed by atoms with Crippen molar-refractivity contribution >= 4 is 16.6 Å². The molecular weight excluding hydrogens is 320 g/mol. The average Bonchev–Trinajstić information content (AvgIpc) is 3.25. The molecule has 2 aliphatic heterocycles. The molecule has 0 radical (unpaired) electrons. The minimum absolute atomic E-state index is 0.637. The Morgan fingerprint density at radius 1 is 1.15 bits per heavy atom. The number of hydrogen-bond acceptors (Lipinski definition) is 3.